The third kappa shape index (κ3) is 4.24. The Labute approximate surface area is 151 Å². The largest absolute Gasteiger partial charge is 0.497 e. The first kappa shape index (κ1) is 18.7. The Morgan fingerprint density at radius 1 is 1.42 bits per heavy atom. The molecule has 1 saturated heterocycles. The van der Waals surface area contributed by atoms with Gasteiger partial charge in [-0.05, 0) is 31.2 Å². The van der Waals surface area contributed by atoms with Gasteiger partial charge in [0, 0.05) is 23.5 Å². The van der Waals surface area contributed by atoms with E-state index in [1.165, 1.54) is 11.3 Å². The van der Waals surface area contributed by atoms with E-state index in [0.717, 1.165) is 28.4 Å². The molecular formula is C16H20ClN3O3S. The Morgan fingerprint density at radius 3 is 2.79 bits per heavy atom. The highest BCUT2D eigenvalue weighted by molar-refractivity contribution is 7.16. The Morgan fingerprint density at radius 2 is 2.17 bits per heavy atom. The molecule has 1 amide bonds. The smallest absolute Gasteiger partial charge is 0.256 e. The van der Waals surface area contributed by atoms with Gasteiger partial charge in [0.2, 0.25) is 0 Å². The second-order valence-electron chi connectivity index (χ2n) is 5.21. The third-order valence-corrected chi connectivity index (χ3v) is 4.50. The molecule has 1 atom stereocenters. The second-order valence-corrected chi connectivity index (χ2v) is 6.41. The number of hydrogen-bond donors (Lipinski definition) is 2. The van der Waals surface area contributed by atoms with E-state index in [0.29, 0.717) is 18.3 Å². The number of nitrogens with one attached hydrogen (secondary N) is 2. The molecule has 8 heteroatoms. The van der Waals surface area contributed by atoms with Gasteiger partial charge in [0.1, 0.15) is 11.9 Å². The van der Waals surface area contributed by atoms with Crippen molar-refractivity contribution in [3.05, 3.63) is 29.1 Å². The maximum absolute atomic E-state index is 12.2. The van der Waals surface area contributed by atoms with Crippen LogP contribution in [0.25, 0.3) is 11.3 Å². The molecule has 130 valence electrons. The summed E-state index contributed by atoms with van der Waals surface area (Å²) in [6, 6.07) is 7.71. The minimum absolute atomic E-state index is 0. The summed E-state index contributed by atoms with van der Waals surface area (Å²) in [5.74, 6) is 0.643. The lowest BCUT2D eigenvalue weighted by atomic mass is 10.1. The maximum atomic E-state index is 12.2. The summed E-state index contributed by atoms with van der Waals surface area (Å²) in [6.07, 6.45) is -0.461. The van der Waals surface area contributed by atoms with E-state index in [4.69, 9.17) is 9.47 Å². The van der Waals surface area contributed by atoms with E-state index < -0.39 is 6.10 Å². The van der Waals surface area contributed by atoms with Crippen LogP contribution in [0.4, 0.5) is 5.13 Å². The zero-order valence-corrected chi connectivity index (χ0v) is 15.1. The van der Waals surface area contributed by atoms with Crippen molar-refractivity contribution >= 4 is 34.8 Å². The van der Waals surface area contributed by atoms with Crippen molar-refractivity contribution < 1.29 is 14.3 Å². The molecule has 0 saturated carbocycles. The molecule has 0 aliphatic carbocycles. The molecule has 2 N–H and O–H groups in total. The van der Waals surface area contributed by atoms with Gasteiger partial charge in [-0.1, -0.05) is 0 Å². The average molecular weight is 370 g/mol. The molecule has 1 aromatic carbocycles. The molecule has 0 bridgehead atoms. The van der Waals surface area contributed by atoms with Crippen LogP contribution in [0.2, 0.25) is 0 Å². The summed E-state index contributed by atoms with van der Waals surface area (Å²) in [7, 11) is 1.64. The molecule has 1 aliphatic heterocycles. The third-order valence-electron chi connectivity index (χ3n) is 3.61. The van der Waals surface area contributed by atoms with Crippen LogP contribution in [0.1, 0.15) is 4.88 Å². The minimum atomic E-state index is -0.461. The zero-order valence-electron chi connectivity index (χ0n) is 13.5. The number of methoxy groups -OCH3 is 1. The van der Waals surface area contributed by atoms with E-state index in [1.54, 1.807) is 7.11 Å². The quantitative estimate of drug-likeness (QED) is 0.866. The van der Waals surface area contributed by atoms with Crippen LogP contribution in [0.15, 0.2) is 24.3 Å². The van der Waals surface area contributed by atoms with Gasteiger partial charge in [0.25, 0.3) is 5.91 Å². The number of benzene rings is 1. The SMILES string of the molecule is COc1ccc(-c2nc(NC(=O)C3CNCCO3)sc2C)cc1.Cl. The number of morpholine rings is 1. The fourth-order valence-electron chi connectivity index (χ4n) is 2.39. The van der Waals surface area contributed by atoms with Crippen molar-refractivity contribution in [1.29, 1.82) is 0 Å². The molecule has 1 unspecified atom stereocenters. The number of thiazole rings is 1. The number of aromatic nitrogens is 1. The number of carbonyl (C=O) groups excluding carboxylic acids is 1. The average Bonchev–Trinajstić information content (AvgIpc) is 2.96. The number of amides is 1. The van der Waals surface area contributed by atoms with Crippen LogP contribution in [-0.2, 0) is 9.53 Å². The van der Waals surface area contributed by atoms with Gasteiger partial charge in [-0.25, -0.2) is 4.98 Å². The lowest BCUT2D eigenvalue weighted by molar-refractivity contribution is -0.128. The molecule has 2 heterocycles. The highest BCUT2D eigenvalue weighted by Crippen LogP contribution is 2.31. The molecule has 0 radical (unpaired) electrons. The summed E-state index contributed by atoms with van der Waals surface area (Å²) < 4.78 is 10.6. The number of anilines is 1. The molecule has 0 spiro atoms. The highest BCUT2D eigenvalue weighted by atomic mass is 35.5. The highest BCUT2D eigenvalue weighted by Gasteiger charge is 2.23. The summed E-state index contributed by atoms with van der Waals surface area (Å²) >= 11 is 1.46. The molecule has 2 aromatic rings. The van der Waals surface area contributed by atoms with Gasteiger partial charge in [0.05, 0.1) is 19.4 Å². The number of carbonyl (C=O) groups is 1. The first-order valence-corrected chi connectivity index (χ1v) is 8.24. The number of halogens is 1. The fourth-order valence-corrected chi connectivity index (χ4v) is 3.23. The Hall–Kier alpha value is -1.67. The van der Waals surface area contributed by atoms with E-state index in [2.05, 4.69) is 15.6 Å². The summed E-state index contributed by atoms with van der Waals surface area (Å²) in [5.41, 5.74) is 1.87. The Balaban J connectivity index is 0.00000208. The molecule has 3 rings (SSSR count). The van der Waals surface area contributed by atoms with Crippen LogP contribution < -0.4 is 15.4 Å². The van der Waals surface area contributed by atoms with E-state index >= 15 is 0 Å². The van der Waals surface area contributed by atoms with Gasteiger partial charge < -0.3 is 14.8 Å². The first-order valence-electron chi connectivity index (χ1n) is 7.42. The van der Waals surface area contributed by atoms with Crippen molar-refractivity contribution in [3.63, 3.8) is 0 Å². The van der Waals surface area contributed by atoms with Crippen molar-refractivity contribution in [2.45, 2.75) is 13.0 Å². The normalized spacial score (nSPS) is 17.0. The zero-order chi connectivity index (χ0) is 16.2. The fraction of sp³-hybridized carbons (Fsp3) is 0.375. The lowest BCUT2D eigenvalue weighted by Gasteiger charge is -2.22. The van der Waals surface area contributed by atoms with Crippen LogP contribution in [-0.4, -0.2) is 43.8 Å². The molecule has 24 heavy (non-hydrogen) atoms. The molecule has 1 aromatic heterocycles. The summed E-state index contributed by atoms with van der Waals surface area (Å²) in [6.45, 7) is 3.85. The second kappa shape index (κ2) is 8.43. The van der Waals surface area contributed by atoms with Crippen LogP contribution >= 0.6 is 23.7 Å². The van der Waals surface area contributed by atoms with E-state index in [-0.39, 0.29) is 18.3 Å². The van der Waals surface area contributed by atoms with E-state index in [9.17, 15) is 4.79 Å². The number of ether oxygens (including phenoxy) is 2. The van der Waals surface area contributed by atoms with Gasteiger partial charge in [-0.15, -0.1) is 23.7 Å². The Bertz CT molecular complexity index is 684. The Kier molecular flexibility index (Phi) is 6.56. The molecule has 1 aliphatic rings. The van der Waals surface area contributed by atoms with Crippen molar-refractivity contribution in [2.24, 2.45) is 0 Å². The minimum Gasteiger partial charge on any atom is -0.497 e. The molecule has 1 fully saturated rings. The predicted octanol–water partition coefficient (Wildman–Crippen LogP) is 2.48. The molecule has 6 nitrogen and oxygen atoms in total. The standard InChI is InChI=1S/C16H19N3O3S.ClH/c1-10-14(11-3-5-12(21-2)6-4-11)18-16(23-10)19-15(20)13-9-17-7-8-22-13;/h3-6,13,17H,7-9H2,1-2H3,(H,18,19,20);1H. The lowest BCUT2D eigenvalue weighted by Crippen LogP contribution is -2.45. The predicted molar refractivity (Wildman–Crippen MR) is 97.3 cm³/mol. The van der Waals surface area contributed by atoms with Gasteiger partial charge in [-0.3, -0.25) is 10.1 Å². The number of rotatable bonds is 4. The van der Waals surface area contributed by atoms with E-state index in [1.807, 2.05) is 31.2 Å². The van der Waals surface area contributed by atoms with Gasteiger partial charge in [0.15, 0.2) is 5.13 Å². The number of aryl methyl sites for hydroxylation is 1. The van der Waals surface area contributed by atoms with Gasteiger partial charge >= 0.3 is 0 Å². The summed E-state index contributed by atoms with van der Waals surface area (Å²) in [4.78, 5) is 17.8. The number of hydrogen-bond acceptors (Lipinski definition) is 6. The monoisotopic (exact) mass is 369 g/mol. The van der Waals surface area contributed by atoms with Crippen LogP contribution in [0.5, 0.6) is 5.75 Å². The molecular weight excluding hydrogens is 350 g/mol. The van der Waals surface area contributed by atoms with Crippen LogP contribution in [0.3, 0.4) is 0 Å². The van der Waals surface area contributed by atoms with Crippen molar-refractivity contribution in [1.82, 2.24) is 10.3 Å². The number of nitrogens with zero attached hydrogens (tertiary/aromatic N) is 1. The van der Waals surface area contributed by atoms with Crippen molar-refractivity contribution in [2.75, 3.05) is 32.1 Å². The topological polar surface area (TPSA) is 72.5 Å². The van der Waals surface area contributed by atoms with Crippen LogP contribution in [0, 0.1) is 6.92 Å². The summed E-state index contributed by atoms with van der Waals surface area (Å²) in [5, 5.41) is 6.57. The van der Waals surface area contributed by atoms with Gasteiger partial charge in [-0.2, -0.15) is 0 Å². The maximum Gasteiger partial charge on any atom is 0.256 e. The van der Waals surface area contributed by atoms with Crippen molar-refractivity contribution in [3.8, 4) is 17.0 Å². The first-order chi connectivity index (χ1) is 11.2.